The molecule has 8 heteroatoms. The van der Waals surface area contributed by atoms with Gasteiger partial charge in [0.1, 0.15) is 5.82 Å². The van der Waals surface area contributed by atoms with Crippen molar-refractivity contribution in [1.82, 2.24) is 10.3 Å². The molecule has 0 saturated carbocycles. The molecule has 0 aliphatic heterocycles. The van der Waals surface area contributed by atoms with Gasteiger partial charge in [-0.25, -0.2) is 9.98 Å². The van der Waals surface area contributed by atoms with Crippen molar-refractivity contribution >= 4 is 17.7 Å². The van der Waals surface area contributed by atoms with E-state index in [9.17, 15) is 4.79 Å². The van der Waals surface area contributed by atoms with Crippen molar-refractivity contribution in [2.45, 2.75) is 19.9 Å². The highest BCUT2D eigenvalue weighted by Crippen LogP contribution is 2.27. The lowest BCUT2D eigenvalue weighted by Crippen LogP contribution is -2.34. The molecule has 144 valence electrons. The maximum atomic E-state index is 11.9. The molecular weight excluding hydrogens is 346 g/mol. The van der Waals surface area contributed by atoms with Crippen LogP contribution in [0.3, 0.4) is 0 Å². The minimum atomic E-state index is -0.147. The molecule has 0 bridgehead atoms. The van der Waals surface area contributed by atoms with Crippen LogP contribution in [-0.4, -0.2) is 37.6 Å². The van der Waals surface area contributed by atoms with Crippen LogP contribution in [0.2, 0.25) is 0 Å². The summed E-state index contributed by atoms with van der Waals surface area (Å²) in [7, 11) is 3.17. The first kappa shape index (κ1) is 20.0. The summed E-state index contributed by atoms with van der Waals surface area (Å²) in [6.07, 6.45) is 1.95. The smallest absolute Gasteiger partial charge is 0.227 e. The number of amides is 1. The lowest BCUT2D eigenvalue weighted by molar-refractivity contribution is -0.116. The Morgan fingerprint density at radius 1 is 1.19 bits per heavy atom. The van der Waals surface area contributed by atoms with E-state index in [1.54, 1.807) is 26.5 Å². The third kappa shape index (κ3) is 6.50. The van der Waals surface area contributed by atoms with Crippen molar-refractivity contribution in [2.75, 3.05) is 26.1 Å². The Kier molecular flexibility index (Phi) is 7.42. The van der Waals surface area contributed by atoms with Gasteiger partial charge in [0.2, 0.25) is 5.91 Å². The topological polar surface area (TPSA) is 111 Å². The average molecular weight is 371 g/mol. The van der Waals surface area contributed by atoms with Crippen molar-refractivity contribution < 1.29 is 14.3 Å². The predicted octanol–water partition coefficient (Wildman–Crippen LogP) is 1.84. The number of rotatable bonds is 8. The standard InChI is InChI=1S/C19H25N5O3/c1-13-4-7-17(22-11-13)24-18(25)8-9-21-19(20)23-12-14-5-6-15(26-2)16(10-14)27-3/h4-7,10-11H,8-9,12H2,1-3H3,(H3,20,21,23)(H,22,24,25). The summed E-state index contributed by atoms with van der Waals surface area (Å²) in [5, 5.41) is 5.65. The molecule has 1 aromatic heterocycles. The highest BCUT2D eigenvalue weighted by molar-refractivity contribution is 5.90. The van der Waals surface area contributed by atoms with Crippen molar-refractivity contribution in [3.05, 3.63) is 47.7 Å². The zero-order valence-corrected chi connectivity index (χ0v) is 15.8. The van der Waals surface area contributed by atoms with Crippen LogP contribution in [0.15, 0.2) is 41.5 Å². The van der Waals surface area contributed by atoms with E-state index in [1.807, 2.05) is 31.2 Å². The number of aryl methyl sites for hydroxylation is 1. The van der Waals surface area contributed by atoms with Gasteiger partial charge in [-0.15, -0.1) is 0 Å². The molecule has 0 aliphatic carbocycles. The summed E-state index contributed by atoms with van der Waals surface area (Å²) in [6, 6.07) is 9.20. The Labute approximate surface area is 158 Å². The Morgan fingerprint density at radius 2 is 1.96 bits per heavy atom. The van der Waals surface area contributed by atoms with Gasteiger partial charge in [0.05, 0.1) is 20.8 Å². The summed E-state index contributed by atoms with van der Waals surface area (Å²) < 4.78 is 10.5. The van der Waals surface area contributed by atoms with Crippen LogP contribution in [0.1, 0.15) is 17.5 Å². The summed E-state index contributed by atoms with van der Waals surface area (Å²) in [6.45, 7) is 2.70. The van der Waals surface area contributed by atoms with E-state index in [0.717, 1.165) is 11.1 Å². The molecule has 8 nitrogen and oxygen atoms in total. The maximum absolute atomic E-state index is 11.9. The minimum Gasteiger partial charge on any atom is -0.493 e. The Hall–Kier alpha value is -3.29. The number of hydrogen-bond acceptors (Lipinski definition) is 5. The molecule has 2 aromatic rings. The molecule has 2 rings (SSSR count). The first-order valence-corrected chi connectivity index (χ1v) is 8.49. The molecule has 0 fully saturated rings. The molecule has 27 heavy (non-hydrogen) atoms. The van der Waals surface area contributed by atoms with Crippen LogP contribution in [0.4, 0.5) is 5.82 Å². The van der Waals surface area contributed by atoms with Gasteiger partial charge >= 0.3 is 0 Å². The largest absolute Gasteiger partial charge is 0.493 e. The molecule has 1 heterocycles. The summed E-state index contributed by atoms with van der Waals surface area (Å²) >= 11 is 0. The predicted molar refractivity (Wildman–Crippen MR) is 105 cm³/mol. The van der Waals surface area contributed by atoms with Crippen molar-refractivity contribution in [2.24, 2.45) is 10.7 Å². The number of pyridine rings is 1. The number of ether oxygens (including phenoxy) is 2. The van der Waals surface area contributed by atoms with E-state index in [4.69, 9.17) is 15.2 Å². The van der Waals surface area contributed by atoms with Gasteiger partial charge in [-0.05, 0) is 36.2 Å². The van der Waals surface area contributed by atoms with Gasteiger partial charge in [-0.2, -0.15) is 0 Å². The monoisotopic (exact) mass is 371 g/mol. The lowest BCUT2D eigenvalue weighted by Gasteiger charge is -2.09. The van der Waals surface area contributed by atoms with Crippen LogP contribution < -0.4 is 25.8 Å². The number of aromatic nitrogens is 1. The van der Waals surface area contributed by atoms with Crippen LogP contribution >= 0.6 is 0 Å². The van der Waals surface area contributed by atoms with Crippen LogP contribution in [0.25, 0.3) is 0 Å². The molecule has 0 radical (unpaired) electrons. The van der Waals surface area contributed by atoms with Crippen LogP contribution in [0, 0.1) is 6.92 Å². The molecule has 0 atom stereocenters. The van der Waals surface area contributed by atoms with E-state index >= 15 is 0 Å². The van der Waals surface area contributed by atoms with E-state index in [2.05, 4.69) is 20.6 Å². The second-order valence-corrected chi connectivity index (χ2v) is 5.84. The van der Waals surface area contributed by atoms with Crippen molar-refractivity contribution in [1.29, 1.82) is 0 Å². The minimum absolute atomic E-state index is 0.147. The van der Waals surface area contributed by atoms with Crippen LogP contribution in [-0.2, 0) is 11.3 Å². The number of guanidine groups is 1. The number of nitrogens with two attached hydrogens (primary N) is 1. The summed E-state index contributed by atoms with van der Waals surface area (Å²) in [5.74, 6) is 1.95. The average Bonchev–Trinajstić information content (AvgIpc) is 2.67. The fourth-order valence-electron chi connectivity index (χ4n) is 2.26. The number of hydrogen-bond donors (Lipinski definition) is 3. The molecule has 0 saturated heterocycles. The number of aliphatic imine (C=N–C) groups is 1. The first-order valence-electron chi connectivity index (χ1n) is 8.49. The van der Waals surface area contributed by atoms with Gasteiger partial charge in [0.25, 0.3) is 0 Å². The third-order valence-corrected chi connectivity index (χ3v) is 3.72. The second-order valence-electron chi connectivity index (χ2n) is 5.84. The number of carbonyl (C=O) groups excluding carboxylic acids is 1. The zero-order valence-electron chi connectivity index (χ0n) is 15.8. The quantitative estimate of drug-likeness (QED) is 0.482. The molecule has 4 N–H and O–H groups in total. The number of nitrogens with zero attached hydrogens (tertiary/aromatic N) is 2. The van der Waals surface area contributed by atoms with E-state index in [-0.39, 0.29) is 18.3 Å². The molecule has 0 aliphatic rings. The first-order chi connectivity index (χ1) is 13.0. The molecule has 0 unspecified atom stereocenters. The highest BCUT2D eigenvalue weighted by Gasteiger charge is 2.05. The van der Waals surface area contributed by atoms with E-state index < -0.39 is 0 Å². The molecule has 1 aromatic carbocycles. The van der Waals surface area contributed by atoms with Crippen LogP contribution in [0.5, 0.6) is 11.5 Å². The molecule has 0 spiro atoms. The fourth-order valence-corrected chi connectivity index (χ4v) is 2.26. The number of anilines is 1. The Morgan fingerprint density at radius 3 is 2.63 bits per heavy atom. The lowest BCUT2D eigenvalue weighted by atomic mass is 10.2. The molecule has 1 amide bonds. The zero-order chi connectivity index (χ0) is 19.6. The normalized spacial score (nSPS) is 11.0. The molecular formula is C19H25N5O3. The Balaban J connectivity index is 1.77. The summed E-state index contributed by atoms with van der Waals surface area (Å²) in [5.41, 5.74) is 7.81. The third-order valence-electron chi connectivity index (χ3n) is 3.72. The number of carbonyl (C=O) groups is 1. The van der Waals surface area contributed by atoms with Gasteiger partial charge in [0, 0.05) is 19.2 Å². The van der Waals surface area contributed by atoms with Gasteiger partial charge < -0.3 is 25.8 Å². The van der Waals surface area contributed by atoms with E-state index in [1.165, 1.54) is 0 Å². The van der Waals surface area contributed by atoms with E-state index in [0.29, 0.717) is 30.4 Å². The number of methoxy groups -OCH3 is 2. The fraction of sp³-hybridized carbons (Fsp3) is 0.316. The maximum Gasteiger partial charge on any atom is 0.227 e. The number of benzene rings is 1. The van der Waals surface area contributed by atoms with Gasteiger partial charge in [-0.1, -0.05) is 12.1 Å². The summed E-state index contributed by atoms with van der Waals surface area (Å²) in [4.78, 5) is 20.3. The van der Waals surface area contributed by atoms with Gasteiger partial charge in [-0.3, -0.25) is 4.79 Å². The van der Waals surface area contributed by atoms with Gasteiger partial charge in [0.15, 0.2) is 17.5 Å². The second kappa shape index (κ2) is 10.0. The van der Waals surface area contributed by atoms with Crippen molar-refractivity contribution in [3.8, 4) is 11.5 Å². The SMILES string of the molecule is COc1ccc(CN=C(N)NCCC(=O)Nc2ccc(C)cn2)cc1OC. The Bertz CT molecular complexity index is 790. The van der Waals surface area contributed by atoms with Crippen molar-refractivity contribution in [3.63, 3.8) is 0 Å². The highest BCUT2D eigenvalue weighted by atomic mass is 16.5. The number of nitrogens with one attached hydrogen (secondary N) is 2.